The normalized spacial score (nSPS) is 14.0. The number of nitrogens with one attached hydrogen (secondary N) is 1. The number of anilines is 1. The molecule has 0 aromatic heterocycles. The van der Waals surface area contributed by atoms with Crippen molar-refractivity contribution < 1.29 is 31.5 Å². The number of amides is 2. The molecule has 1 N–H and O–H groups in total. The first kappa shape index (κ1) is 20.4. The molecule has 0 saturated heterocycles. The molecule has 2 aromatic rings. The average Bonchev–Trinajstić information content (AvgIpc) is 2.68. The lowest BCUT2D eigenvalue weighted by Crippen LogP contribution is -2.40. The van der Waals surface area contributed by atoms with E-state index in [0.717, 1.165) is 0 Å². The molecule has 5 nitrogen and oxygen atoms in total. The predicted molar refractivity (Wildman–Crippen MR) is 93.5 cm³/mol. The van der Waals surface area contributed by atoms with E-state index in [1.165, 1.54) is 18.2 Å². The maximum atomic E-state index is 14.0. The van der Waals surface area contributed by atoms with E-state index in [9.17, 15) is 31.5 Å². The number of rotatable bonds is 5. The summed E-state index contributed by atoms with van der Waals surface area (Å²) in [7, 11) is 0. The molecule has 0 spiro atoms. The first-order valence-corrected chi connectivity index (χ1v) is 8.54. The minimum Gasteiger partial charge on any atom is -0.351 e. The van der Waals surface area contributed by atoms with Gasteiger partial charge < -0.3 is 5.32 Å². The topological polar surface area (TPSA) is 61.8 Å². The summed E-state index contributed by atoms with van der Waals surface area (Å²) in [5.74, 6) is -9.07. The highest BCUT2D eigenvalue weighted by Crippen LogP contribution is 2.30. The molecule has 0 bridgehead atoms. The Bertz CT molecular complexity index is 983. The van der Waals surface area contributed by atoms with Gasteiger partial charge in [0.1, 0.15) is 17.2 Å². The van der Waals surface area contributed by atoms with E-state index in [1.807, 2.05) is 0 Å². The molecule has 0 saturated carbocycles. The van der Waals surface area contributed by atoms with Gasteiger partial charge >= 0.3 is 0 Å². The second-order valence-electron chi connectivity index (χ2n) is 6.20. The predicted octanol–water partition coefficient (Wildman–Crippen LogP) is 3.22. The summed E-state index contributed by atoms with van der Waals surface area (Å²) in [4.78, 5) is 24.2. The highest BCUT2D eigenvalue weighted by molar-refractivity contribution is 6.40. The quantitative estimate of drug-likeness (QED) is 0.607. The summed E-state index contributed by atoms with van der Waals surface area (Å²) < 4.78 is 68.0. The Morgan fingerprint density at radius 2 is 1.72 bits per heavy atom. The Hall–Kier alpha value is -3.30. The second-order valence-corrected chi connectivity index (χ2v) is 6.20. The molecule has 0 aliphatic carbocycles. The van der Waals surface area contributed by atoms with Crippen LogP contribution in [0.2, 0.25) is 0 Å². The molecule has 1 heterocycles. The zero-order valence-electron chi connectivity index (χ0n) is 14.8. The van der Waals surface area contributed by atoms with Crippen molar-refractivity contribution in [2.75, 3.05) is 11.6 Å². The van der Waals surface area contributed by atoms with E-state index >= 15 is 0 Å². The molecule has 0 unspecified atom stereocenters. The summed E-state index contributed by atoms with van der Waals surface area (Å²) in [5.41, 5.74) is -0.934. The van der Waals surface area contributed by atoms with Crippen molar-refractivity contribution >= 4 is 23.2 Å². The highest BCUT2D eigenvalue weighted by atomic mass is 19.2. The van der Waals surface area contributed by atoms with Crippen molar-refractivity contribution in [3.8, 4) is 0 Å². The van der Waals surface area contributed by atoms with Crippen LogP contribution in [-0.4, -0.2) is 24.1 Å². The molecule has 29 heavy (non-hydrogen) atoms. The molecule has 152 valence electrons. The van der Waals surface area contributed by atoms with Crippen molar-refractivity contribution in [3.05, 3.63) is 65.0 Å². The summed E-state index contributed by atoms with van der Waals surface area (Å²) >= 11 is 0. The molecule has 3 rings (SSSR count). The number of nitrogens with zero attached hydrogens (tertiary/aromatic N) is 2. The largest absolute Gasteiger partial charge is 0.351 e. The third-order valence-electron chi connectivity index (χ3n) is 4.18. The Morgan fingerprint density at radius 3 is 2.38 bits per heavy atom. The Balaban J connectivity index is 1.77. The fourth-order valence-electron chi connectivity index (χ4n) is 2.75. The Labute approximate surface area is 161 Å². The van der Waals surface area contributed by atoms with Crippen LogP contribution >= 0.6 is 0 Å². The molecule has 10 heteroatoms. The van der Waals surface area contributed by atoms with Crippen LogP contribution in [0.5, 0.6) is 0 Å². The standard InChI is InChI=1S/C19H14F5N3O2/c20-11-3-1-2-10(8-11)6-7-25-19(29)14-4-5-15(28)27(26-14)18-16(23)12(21)9-13(22)17(18)24/h1-3,8-9H,4-7H2,(H,25,29). The number of hydrogen-bond acceptors (Lipinski definition) is 3. The maximum absolute atomic E-state index is 14.0. The van der Waals surface area contributed by atoms with Crippen LogP contribution < -0.4 is 10.3 Å². The minimum absolute atomic E-state index is 0.00629. The first-order valence-electron chi connectivity index (χ1n) is 8.54. The molecular formula is C19H14F5N3O2. The maximum Gasteiger partial charge on any atom is 0.267 e. The molecular weight excluding hydrogens is 397 g/mol. The van der Waals surface area contributed by atoms with Crippen molar-refractivity contribution in [2.45, 2.75) is 19.3 Å². The van der Waals surface area contributed by atoms with E-state index in [4.69, 9.17) is 0 Å². The van der Waals surface area contributed by atoms with Crippen molar-refractivity contribution in [1.29, 1.82) is 0 Å². The smallest absolute Gasteiger partial charge is 0.267 e. The summed E-state index contributed by atoms with van der Waals surface area (Å²) in [6.07, 6.45) is -0.160. The van der Waals surface area contributed by atoms with E-state index in [0.29, 0.717) is 12.0 Å². The Morgan fingerprint density at radius 1 is 1.03 bits per heavy atom. The number of carbonyl (C=O) groups excluding carboxylic acids is 2. The third-order valence-corrected chi connectivity index (χ3v) is 4.18. The summed E-state index contributed by atoms with van der Waals surface area (Å²) in [5, 5.41) is 6.24. The lowest BCUT2D eigenvalue weighted by molar-refractivity contribution is -0.119. The minimum atomic E-state index is -1.80. The van der Waals surface area contributed by atoms with Gasteiger partial charge in [0.2, 0.25) is 5.91 Å². The average molecular weight is 411 g/mol. The van der Waals surface area contributed by atoms with E-state index in [1.54, 1.807) is 6.07 Å². The molecule has 2 amide bonds. The van der Waals surface area contributed by atoms with Crippen LogP contribution in [-0.2, 0) is 16.0 Å². The molecule has 1 aliphatic rings. The zero-order chi connectivity index (χ0) is 21.1. The van der Waals surface area contributed by atoms with Gasteiger partial charge in [-0.05, 0) is 24.1 Å². The van der Waals surface area contributed by atoms with Gasteiger partial charge in [0.05, 0.1) is 0 Å². The lowest BCUT2D eigenvalue weighted by Gasteiger charge is -2.24. The number of hydrogen-bond donors (Lipinski definition) is 1. The van der Waals surface area contributed by atoms with Gasteiger partial charge in [-0.1, -0.05) is 12.1 Å². The van der Waals surface area contributed by atoms with Gasteiger partial charge in [0.15, 0.2) is 23.3 Å². The van der Waals surface area contributed by atoms with Gasteiger partial charge in [-0.3, -0.25) is 9.59 Å². The monoisotopic (exact) mass is 411 g/mol. The van der Waals surface area contributed by atoms with Crippen LogP contribution in [0.25, 0.3) is 0 Å². The van der Waals surface area contributed by atoms with Crippen LogP contribution in [0.3, 0.4) is 0 Å². The van der Waals surface area contributed by atoms with Gasteiger partial charge in [0.25, 0.3) is 5.91 Å². The molecule has 0 radical (unpaired) electrons. The van der Waals surface area contributed by atoms with Crippen LogP contribution in [0.15, 0.2) is 35.4 Å². The molecule has 0 atom stereocenters. The molecule has 0 fully saturated rings. The third kappa shape index (κ3) is 4.41. The van der Waals surface area contributed by atoms with Gasteiger partial charge in [-0.2, -0.15) is 10.1 Å². The number of halogens is 5. The van der Waals surface area contributed by atoms with Crippen LogP contribution in [0.1, 0.15) is 18.4 Å². The second kappa shape index (κ2) is 8.38. The van der Waals surface area contributed by atoms with Crippen molar-refractivity contribution in [1.82, 2.24) is 5.32 Å². The van der Waals surface area contributed by atoms with E-state index in [-0.39, 0.29) is 36.2 Å². The van der Waals surface area contributed by atoms with Gasteiger partial charge in [-0.25, -0.2) is 22.0 Å². The summed E-state index contributed by atoms with van der Waals surface area (Å²) in [6.45, 7) is 0.104. The highest BCUT2D eigenvalue weighted by Gasteiger charge is 2.32. The molecule has 2 aromatic carbocycles. The Kier molecular flexibility index (Phi) is 5.90. The van der Waals surface area contributed by atoms with Crippen LogP contribution in [0, 0.1) is 29.1 Å². The number of carbonyl (C=O) groups is 2. The van der Waals surface area contributed by atoms with E-state index in [2.05, 4.69) is 10.4 Å². The number of hydrazone groups is 1. The zero-order valence-corrected chi connectivity index (χ0v) is 14.8. The van der Waals surface area contributed by atoms with E-state index < -0.39 is 46.6 Å². The summed E-state index contributed by atoms with van der Waals surface area (Å²) in [6, 6.07) is 5.76. The van der Waals surface area contributed by atoms with Crippen LogP contribution in [0.4, 0.5) is 27.6 Å². The fraction of sp³-hybridized carbons (Fsp3) is 0.211. The first-order chi connectivity index (χ1) is 13.8. The fourth-order valence-corrected chi connectivity index (χ4v) is 2.75. The van der Waals surface area contributed by atoms with Crippen molar-refractivity contribution in [2.24, 2.45) is 5.10 Å². The lowest BCUT2D eigenvalue weighted by atomic mass is 10.1. The van der Waals surface area contributed by atoms with Gasteiger partial charge in [-0.15, -0.1) is 0 Å². The SMILES string of the molecule is O=C(NCCc1cccc(F)c1)C1=NN(c2c(F)c(F)cc(F)c2F)C(=O)CC1. The molecule has 1 aliphatic heterocycles. The van der Waals surface area contributed by atoms with Gasteiger partial charge in [0, 0.05) is 25.5 Å². The van der Waals surface area contributed by atoms with Crippen molar-refractivity contribution in [3.63, 3.8) is 0 Å². The number of benzene rings is 2.